The minimum Gasteiger partial charge on any atom is -0.481 e. The Labute approximate surface area is 110 Å². The van der Waals surface area contributed by atoms with E-state index in [2.05, 4.69) is 5.32 Å². The summed E-state index contributed by atoms with van der Waals surface area (Å²) in [6, 6.07) is 4.68. The Morgan fingerprint density at radius 2 is 2.00 bits per heavy atom. The average Bonchev–Trinajstić information content (AvgIpc) is 2.34. The van der Waals surface area contributed by atoms with E-state index in [-0.39, 0.29) is 11.7 Å². The van der Waals surface area contributed by atoms with E-state index in [0.29, 0.717) is 0 Å². The lowest BCUT2D eigenvalue weighted by Crippen LogP contribution is -2.46. The molecule has 0 bridgehead atoms. The fourth-order valence-electron chi connectivity index (χ4n) is 1.43. The molecule has 0 fully saturated rings. The lowest BCUT2D eigenvalue weighted by atomic mass is 10.1. The number of hydrogen-bond acceptors (Lipinski definition) is 3. The molecule has 0 spiro atoms. The number of carbonyl (C=O) groups is 2. The highest BCUT2D eigenvalue weighted by molar-refractivity contribution is 5.84. The van der Waals surface area contributed by atoms with Gasteiger partial charge in [-0.25, -0.2) is 9.18 Å². The highest BCUT2D eigenvalue weighted by Crippen LogP contribution is 2.14. The highest BCUT2D eigenvalue weighted by atomic mass is 19.1. The Bertz CT molecular complexity index is 462. The van der Waals surface area contributed by atoms with Crippen LogP contribution in [0.3, 0.4) is 0 Å². The van der Waals surface area contributed by atoms with Gasteiger partial charge in [-0.15, -0.1) is 0 Å². The third kappa shape index (κ3) is 4.57. The number of rotatable bonds is 6. The number of para-hydroxylation sites is 1. The fourth-order valence-corrected chi connectivity index (χ4v) is 1.43. The third-order valence-electron chi connectivity index (χ3n) is 2.44. The van der Waals surface area contributed by atoms with E-state index in [9.17, 15) is 14.0 Å². The largest absolute Gasteiger partial charge is 0.481 e. The minimum atomic E-state index is -1.12. The minimum absolute atomic E-state index is 0.0472. The topological polar surface area (TPSA) is 75.6 Å². The quantitative estimate of drug-likeness (QED) is 0.819. The summed E-state index contributed by atoms with van der Waals surface area (Å²) in [4.78, 5) is 22.4. The van der Waals surface area contributed by atoms with Crippen LogP contribution in [0.15, 0.2) is 24.3 Å². The first-order valence-electron chi connectivity index (χ1n) is 5.81. The first kappa shape index (κ1) is 14.9. The lowest BCUT2D eigenvalue weighted by Gasteiger charge is -2.18. The molecule has 0 aliphatic heterocycles. The van der Waals surface area contributed by atoms with Crippen LogP contribution in [-0.4, -0.2) is 29.6 Å². The Hall–Kier alpha value is -2.11. The molecule has 0 aliphatic carbocycles. The second kappa shape index (κ2) is 6.72. The molecule has 5 nitrogen and oxygen atoms in total. The van der Waals surface area contributed by atoms with E-state index in [1.165, 1.54) is 18.2 Å². The van der Waals surface area contributed by atoms with Crippen LogP contribution in [0.25, 0.3) is 0 Å². The molecule has 104 valence electrons. The number of nitrogens with one attached hydrogen (secondary N) is 1. The van der Waals surface area contributed by atoms with Crippen molar-refractivity contribution in [1.29, 1.82) is 0 Å². The second-order valence-electron chi connectivity index (χ2n) is 4.35. The molecule has 1 aromatic carbocycles. The van der Waals surface area contributed by atoms with E-state index < -0.39 is 30.3 Å². The molecule has 6 heteroatoms. The van der Waals surface area contributed by atoms with Crippen LogP contribution >= 0.6 is 0 Å². The normalized spacial score (nSPS) is 12.0. The first-order valence-corrected chi connectivity index (χ1v) is 5.81. The molecule has 1 aromatic rings. The van der Waals surface area contributed by atoms with Gasteiger partial charge in [0.25, 0.3) is 5.91 Å². The number of hydrogen-bond donors (Lipinski definition) is 2. The molecular weight excluding hydrogens is 253 g/mol. The third-order valence-corrected chi connectivity index (χ3v) is 2.44. The van der Waals surface area contributed by atoms with Gasteiger partial charge in [-0.2, -0.15) is 0 Å². The number of benzene rings is 1. The summed E-state index contributed by atoms with van der Waals surface area (Å²) in [5.74, 6) is -2.60. The number of carboxylic acid groups (broad SMARTS) is 1. The molecule has 0 aromatic heterocycles. The van der Waals surface area contributed by atoms with Crippen LogP contribution in [0.1, 0.15) is 13.8 Å². The van der Waals surface area contributed by atoms with Gasteiger partial charge in [-0.3, -0.25) is 4.79 Å². The van der Waals surface area contributed by atoms with E-state index in [1.807, 2.05) is 0 Å². The van der Waals surface area contributed by atoms with Crippen molar-refractivity contribution in [3.8, 4) is 5.75 Å². The Morgan fingerprint density at radius 3 is 2.53 bits per heavy atom. The van der Waals surface area contributed by atoms with E-state index in [1.54, 1.807) is 19.9 Å². The summed E-state index contributed by atoms with van der Waals surface area (Å²) in [6.07, 6.45) is 0. The average molecular weight is 269 g/mol. The van der Waals surface area contributed by atoms with Gasteiger partial charge in [0.2, 0.25) is 0 Å². The van der Waals surface area contributed by atoms with E-state index >= 15 is 0 Å². The predicted octanol–water partition coefficient (Wildman–Crippen LogP) is 1.43. The molecule has 19 heavy (non-hydrogen) atoms. The molecule has 1 amide bonds. The predicted molar refractivity (Wildman–Crippen MR) is 66.3 cm³/mol. The summed E-state index contributed by atoms with van der Waals surface area (Å²) in [5.41, 5.74) is 0. The number of aliphatic carboxylic acids is 1. The van der Waals surface area contributed by atoms with Crippen molar-refractivity contribution in [2.75, 3.05) is 6.61 Å². The monoisotopic (exact) mass is 269 g/mol. The van der Waals surface area contributed by atoms with Crippen LogP contribution in [0, 0.1) is 11.7 Å². The molecule has 1 rings (SSSR count). The van der Waals surface area contributed by atoms with Crippen molar-refractivity contribution >= 4 is 11.9 Å². The molecule has 1 atom stereocenters. The van der Waals surface area contributed by atoms with Crippen LogP contribution in [0.2, 0.25) is 0 Å². The highest BCUT2D eigenvalue weighted by Gasteiger charge is 2.23. The maximum atomic E-state index is 13.2. The molecule has 0 heterocycles. The zero-order chi connectivity index (χ0) is 14.4. The molecule has 0 saturated heterocycles. The molecule has 2 N–H and O–H groups in total. The number of carboxylic acids is 1. The van der Waals surface area contributed by atoms with Gasteiger partial charge < -0.3 is 15.2 Å². The summed E-state index contributed by atoms with van der Waals surface area (Å²) in [7, 11) is 0. The smallest absolute Gasteiger partial charge is 0.326 e. The SMILES string of the molecule is CC(C)C(NC(=O)COc1ccccc1F)C(=O)O. The first-order chi connectivity index (χ1) is 8.91. The van der Waals surface area contributed by atoms with Gasteiger partial charge in [-0.05, 0) is 18.1 Å². The van der Waals surface area contributed by atoms with Crippen molar-refractivity contribution in [2.24, 2.45) is 5.92 Å². The van der Waals surface area contributed by atoms with Gasteiger partial charge in [0.15, 0.2) is 18.2 Å². The van der Waals surface area contributed by atoms with Crippen molar-refractivity contribution in [1.82, 2.24) is 5.32 Å². The molecule has 0 aliphatic rings. The summed E-state index contributed by atoms with van der Waals surface area (Å²) < 4.78 is 18.2. The van der Waals surface area contributed by atoms with Gasteiger partial charge in [0, 0.05) is 0 Å². The summed E-state index contributed by atoms with van der Waals surface area (Å²) in [5, 5.41) is 11.2. The van der Waals surface area contributed by atoms with Crippen LogP contribution in [0.5, 0.6) is 5.75 Å². The Balaban J connectivity index is 2.52. The Kier molecular flexibility index (Phi) is 5.29. The van der Waals surface area contributed by atoms with E-state index in [4.69, 9.17) is 9.84 Å². The van der Waals surface area contributed by atoms with Crippen molar-refractivity contribution < 1.29 is 23.8 Å². The van der Waals surface area contributed by atoms with Crippen molar-refractivity contribution in [2.45, 2.75) is 19.9 Å². The standard InChI is InChI=1S/C13H16FNO4/c1-8(2)12(13(17)18)15-11(16)7-19-10-6-4-3-5-9(10)14/h3-6,8,12H,7H2,1-2H3,(H,15,16)(H,17,18). The summed E-state index contributed by atoms with van der Waals surface area (Å²) >= 11 is 0. The molecule has 0 radical (unpaired) electrons. The maximum absolute atomic E-state index is 13.2. The zero-order valence-electron chi connectivity index (χ0n) is 10.7. The van der Waals surface area contributed by atoms with Crippen molar-refractivity contribution in [3.63, 3.8) is 0 Å². The summed E-state index contributed by atoms with van der Waals surface area (Å²) in [6.45, 7) is 2.92. The second-order valence-corrected chi connectivity index (χ2v) is 4.35. The van der Waals surface area contributed by atoms with Gasteiger partial charge in [-0.1, -0.05) is 26.0 Å². The Morgan fingerprint density at radius 1 is 1.37 bits per heavy atom. The zero-order valence-corrected chi connectivity index (χ0v) is 10.7. The van der Waals surface area contributed by atoms with Gasteiger partial charge in [0.1, 0.15) is 6.04 Å². The van der Waals surface area contributed by atoms with Gasteiger partial charge in [0.05, 0.1) is 0 Å². The molecule has 1 unspecified atom stereocenters. The number of carbonyl (C=O) groups excluding carboxylic acids is 1. The van der Waals surface area contributed by atoms with Crippen LogP contribution in [-0.2, 0) is 9.59 Å². The molecular formula is C13H16FNO4. The number of amides is 1. The van der Waals surface area contributed by atoms with E-state index in [0.717, 1.165) is 0 Å². The number of ether oxygens (including phenoxy) is 1. The van der Waals surface area contributed by atoms with Crippen LogP contribution in [0.4, 0.5) is 4.39 Å². The number of halogens is 1. The lowest BCUT2D eigenvalue weighted by molar-refractivity contribution is -0.143. The van der Waals surface area contributed by atoms with Gasteiger partial charge >= 0.3 is 5.97 Å². The van der Waals surface area contributed by atoms with Crippen LogP contribution < -0.4 is 10.1 Å². The van der Waals surface area contributed by atoms with Crippen molar-refractivity contribution in [3.05, 3.63) is 30.1 Å². The maximum Gasteiger partial charge on any atom is 0.326 e. The fraction of sp³-hybridized carbons (Fsp3) is 0.385. The molecule has 0 saturated carbocycles.